The van der Waals surface area contributed by atoms with Gasteiger partial charge in [0, 0.05) is 82.6 Å². The molecule has 0 atom stereocenters. The number of aromatic nitrogens is 2. The summed E-state index contributed by atoms with van der Waals surface area (Å²) in [5.74, 6) is 1.40. The maximum absolute atomic E-state index is 9.81. The number of aliphatic hydroxyl groups is 1. The van der Waals surface area contributed by atoms with Crippen LogP contribution in [0.4, 0.5) is 5.82 Å². The van der Waals surface area contributed by atoms with Gasteiger partial charge in [-0.25, -0.2) is 9.97 Å². The van der Waals surface area contributed by atoms with Crippen molar-refractivity contribution in [3.63, 3.8) is 0 Å². The highest BCUT2D eigenvalue weighted by atomic mass is 16.3. The number of nitrogens with one attached hydrogen (secondary N) is 1. The number of hydrogen-bond acceptors (Lipinski definition) is 7. The van der Waals surface area contributed by atoms with Crippen LogP contribution < -0.4 is 5.32 Å². The molecule has 1 aromatic carbocycles. The van der Waals surface area contributed by atoms with Gasteiger partial charge >= 0.3 is 0 Å². The van der Waals surface area contributed by atoms with E-state index in [1.807, 2.05) is 68.8 Å². The molecular formula is C30H40N6O. The first-order chi connectivity index (χ1) is 17.8. The van der Waals surface area contributed by atoms with Crippen molar-refractivity contribution in [2.24, 2.45) is 4.99 Å². The largest absolute Gasteiger partial charge is 0.393 e. The van der Waals surface area contributed by atoms with Crippen molar-refractivity contribution in [2.75, 3.05) is 52.6 Å². The van der Waals surface area contributed by atoms with E-state index >= 15 is 0 Å². The standard InChI is InChI=1S/C30H40N6O/c1-7-23(21-35(5)6)24-9-8-10-25(18-24)29-33-20-28(26(19-31-4)17-22(2)3)30(34-29)32-13-16-36-14-11-27(37)12-15-36/h7-10,17-21,27,37H,1-2,11-16H2,3-6H3,(H,32,33,34)/b23-21+,26-17+,31-19-. The van der Waals surface area contributed by atoms with Crippen LogP contribution in [-0.2, 0) is 0 Å². The quantitative estimate of drug-likeness (QED) is 0.342. The van der Waals surface area contributed by atoms with E-state index in [1.54, 1.807) is 7.05 Å². The van der Waals surface area contributed by atoms with Crippen molar-refractivity contribution in [1.29, 1.82) is 0 Å². The van der Waals surface area contributed by atoms with Gasteiger partial charge in [-0.15, -0.1) is 0 Å². The average molecular weight is 501 g/mol. The Kier molecular flexibility index (Phi) is 10.4. The molecule has 0 bridgehead atoms. The minimum absolute atomic E-state index is 0.173. The van der Waals surface area contributed by atoms with E-state index in [9.17, 15) is 5.11 Å². The Bertz CT molecular complexity index is 1170. The van der Waals surface area contributed by atoms with Gasteiger partial charge in [0.2, 0.25) is 0 Å². The molecule has 37 heavy (non-hydrogen) atoms. The molecule has 7 heteroatoms. The summed E-state index contributed by atoms with van der Waals surface area (Å²) in [5.41, 5.74) is 5.71. The van der Waals surface area contributed by atoms with Crippen molar-refractivity contribution in [3.8, 4) is 11.4 Å². The monoisotopic (exact) mass is 500 g/mol. The second kappa shape index (κ2) is 13.7. The smallest absolute Gasteiger partial charge is 0.161 e. The van der Waals surface area contributed by atoms with Crippen LogP contribution in [-0.4, -0.2) is 84.5 Å². The molecule has 2 aromatic rings. The van der Waals surface area contributed by atoms with Crippen LogP contribution in [0.1, 0.15) is 30.9 Å². The Labute approximate surface area is 221 Å². The van der Waals surface area contributed by atoms with Gasteiger partial charge in [0.1, 0.15) is 5.82 Å². The predicted molar refractivity (Wildman–Crippen MR) is 157 cm³/mol. The third-order valence-electron chi connectivity index (χ3n) is 6.12. The van der Waals surface area contributed by atoms with E-state index in [4.69, 9.17) is 9.97 Å². The van der Waals surface area contributed by atoms with Gasteiger partial charge in [-0.2, -0.15) is 0 Å². The molecule has 0 amide bonds. The maximum atomic E-state index is 9.81. The number of rotatable bonds is 11. The third kappa shape index (κ3) is 8.23. The summed E-state index contributed by atoms with van der Waals surface area (Å²) in [4.78, 5) is 18.3. The lowest BCUT2D eigenvalue weighted by atomic mass is 10.0. The summed E-state index contributed by atoms with van der Waals surface area (Å²) in [7, 11) is 5.74. The van der Waals surface area contributed by atoms with E-state index in [0.29, 0.717) is 5.82 Å². The van der Waals surface area contributed by atoms with Crippen molar-refractivity contribution in [2.45, 2.75) is 25.9 Å². The Morgan fingerprint density at radius 1 is 1.27 bits per heavy atom. The van der Waals surface area contributed by atoms with Crippen LogP contribution in [0.5, 0.6) is 0 Å². The zero-order chi connectivity index (χ0) is 26.8. The molecule has 0 radical (unpaired) electrons. The first-order valence-corrected chi connectivity index (χ1v) is 12.7. The van der Waals surface area contributed by atoms with E-state index in [2.05, 4.69) is 40.5 Å². The Morgan fingerprint density at radius 2 is 2.03 bits per heavy atom. The van der Waals surface area contributed by atoms with Gasteiger partial charge in [-0.05, 0) is 37.0 Å². The molecule has 3 rings (SSSR count). The number of piperidine rings is 1. The van der Waals surface area contributed by atoms with Crippen molar-refractivity contribution < 1.29 is 5.11 Å². The molecule has 1 fully saturated rings. The highest BCUT2D eigenvalue weighted by molar-refractivity contribution is 6.12. The predicted octanol–water partition coefficient (Wildman–Crippen LogP) is 4.76. The van der Waals surface area contributed by atoms with E-state index in [1.165, 1.54) is 0 Å². The van der Waals surface area contributed by atoms with E-state index in [0.717, 1.165) is 78.2 Å². The van der Waals surface area contributed by atoms with Crippen LogP contribution in [0.25, 0.3) is 22.5 Å². The van der Waals surface area contributed by atoms with Gasteiger partial charge in [0.05, 0.1) is 6.10 Å². The topological polar surface area (TPSA) is 76.9 Å². The molecule has 196 valence electrons. The van der Waals surface area contributed by atoms with Gasteiger partial charge in [-0.1, -0.05) is 49.1 Å². The lowest BCUT2D eigenvalue weighted by molar-refractivity contribution is 0.0845. The molecule has 0 unspecified atom stereocenters. The zero-order valence-corrected chi connectivity index (χ0v) is 22.6. The number of aliphatic imine (C=N–C) groups is 1. The van der Waals surface area contributed by atoms with Crippen molar-refractivity contribution in [1.82, 2.24) is 19.8 Å². The van der Waals surface area contributed by atoms with E-state index in [-0.39, 0.29) is 6.10 Å². The van der Waals surface area contributed by atoms with Crippen molar-refractivity contribution >= 4 is 23.2 Å². The number of aliphatic hydroxyl groups excluding tert-OH is 1. The zero-order valence-electron chi connectivity index (χ0n) is 22.6. The van der Waals surface area contributed by atoms with Crippen molar-refractivity contribution in [3.05, 3.63) is 78.7 Å². The number of hydrogen-bond donors (Lipinski definition) is 2. The molecule has 0 saturated carbocycles. The third-order valence-corrected chi connectivity index (χ3v) is 6.12. The fraction of sp³-hybridized carbons (Fsp3) is 0.367. The van der Waals surface area contributed by atoms with E-state index < -0.39 is 0 Å². The fourth-order valence-corrected chi connectivity index (χ4v) is 4.29. The van der Waals surface area contributed by atoms with Crippen LogP contribution in [0, 0.1) is 0 Å². The van der Waals surface area contributed by atoms with Crippen LogP contribution in [0.2, 0.25) is 0 Å². The number of likely N-dealkylation sites (tertiary alicyclic amines) is 1. The molecule has 1 aliphatic heterocycles. The summed E-state index contributed by atoms with van der Waals surface area (Å²) in [6.45, 7) is 13.4. The van der Waals surface area contributed by atoms with Gasteiger partial charge in [0.25, 0.3) is 0 Å². The fourth-order valence-electron chi connectivity index (χ4n) is 4.29. The maximum Gasteiger partial charge on any atom is 0.161 e. The number of anilines is 1. The molecule has 1 saturated heterocycles. The SMILES string of the molecule is C=C/C(=C\N(C)C)c1cccc(-c2ncc(C(/C=N\C)=C/C(=C)C)c(NCCN3CCC(O)CC3)n2)c1. The van der Waals surface area contributed by atoms with Crippen LogP contribution in [0.3, 0.4) is 0 Å². The average Bonchev–Trinajstić information content (AvgIpc) is 2.88. The Hall–Kier alpha value is -3.55. The molecule has 2 N–H and O–H groups in total. The number of allylic oxidation sites excluding steroid dienone is 5. The molecule has 0 aliphatic carbocycles. The van der Waals surface area contributed by atoms with Gasteiger partial charge < -0.3 is 20.2 Å². The minimum Gasteiger partial charge on any atom is -0.393 e. The summed E-state index contributed by atoms with van der Waals surface area (Å²) in [6.07, 6.45) is 11.0. The summed E-state index contributed by atoms with van der Waals surface area (Å²) >= 11 is 0. The normalized spacial score (nSPS) is 15.7. The minimum atomic E-state index is -0.173. The first kappa shape index (κ1) is 28.0. The molecule has 1 aliphatic rings. The second-order valence-corrected chi connectivity index (χ2v) is 9.62. The molecule has 7 nitrogen and oxygen atoms in total. The Balaban J connectivity index is 1.95. The molecule has 1 aromatic heterocycles. The number of benzene rings is 1. The lowest BCUT2D eigenvalue weighted by Crippen LogP contribution is -2.38. The molecular weight excluding hydrogens is 460 g/mol. The molecule has 0 spiro atoms. The van der Waals surface area contributed by atoms with Gasteiger partial charge in [-0.3, -0.25) is 4.99 Å². The molecule has 2 heterocycles. The highest BCUT2D eigenvalue weighted by Crippen LogP contribution is 2.27. The first-order valence-electron chi connectivity index (χ1n) is 12.7. The second-order valence-electron chi connectivity index (χ2n) is 9.62. The van der Waals surface area contributed by atoms with Crippen LogP contribution in [0.15, 0.2) is 72.5 Å². The summed E-state index contributed by atoms with van der Waals surface area (Å²) in [6, 6.07) is 8.20. The highest BCUT2D eigenvalue weighted by Gasteiger charge is 2.17. The number of nitrogens with zero attached hydrogens (tertiary/aromatic N) is 5. The summed E-state index contributed by atoms with van der Waals surface area (Å²) in [5, 5.41) is 13.4. The lowest BCUT2D eigenvalue weighted by Gasteiger charge is -2.29. The van der Waals surface area contributed by atoms with Crippen LogP contribution >= 0.6 is 0 Å². The Morgan fingerprint density at radius 3 is 2.68 bits per heavy atom. The van der Waals surface area contributed by atoms with Gasteiger partial charge in [0.15, 0.2) is 5.82 Å². The summed E-state index contributed by atoms with van der Waals surface area (Å²) < 4.78 is 0.